The second kappa shape index (κ2) is 5.86. The number of sulfonamides is 1. The first-order chi connectivity index (χ1) is 8.26. The number of amides is 1. The fourth-order valence-corrected chi connectivity index (χ4v) is 2.07. The molecule has 0 unspecified atom stereocenters. The van der Waals surface area contributed by atoms with Gasteiger partial charge in [0.15, 0.2) is 0 Å². The van der Waals surface area contributed by atoms with Gasteiger partial charge in [-0.05, 0) is 31.5 Å². The molecule has 0 aromatic heterocycles. The first-order valence-electron chi connectivity index (χ1n) is 5.62. The van der Waals surface area contributed by atoms with E-state index in [4.69, 9.17) is 0 Å². The zero-order chi connectivity index (χ0) is 13.8. The summed E-state index contributed by atoms with van der Waals surface area (Å²) in [4.78, 5) is 11.6. The van der Waals surface area contributed by atoms with E-state index >= 15 is 0 Å². The molecular formula is C12H18N2O3S. The number of benzene rings is 1. The minimum atomic E-state index is -3.29. The van der Waals surface area contributed by atoms with Gasteiger partial charge in [-0.25, -0.2) is 8.42 Å². The number of hydrogen-bond acceptors (Lipinski definition) is 3. The van der Waals surface area contributed by atoms with Crippen molar-refractivity contribution in [3.63, 3.8) is 0 Å². The van der Waals surface area contributed by atoms with E-state index in [1.165, 1.54) is 0 Å². The van der Waals surface area contributed by atoms with E-state index in [9.17, 15) is 13.2 Å². The number of carbonyl (C=O) groups excluding carboxylic acids is 1. The minimum absolute atomic E-state index is 0.0819. The molecular weight excluding hydrogens is 252 g/mol. The summed E-state index contributed by atoms with van der Waals surface area (Å²) in [6.45, 7) is 3.78. The maximum absolute atomic E-state index is 11.6. The lowest BCUT2D eigenvalue weighted by molar-refractivity contribution is -0.120. The smallest absolute Gasteiger partial charge is 0.229 e. The molecule has 0 saturated carbocycles. The lowest BCUT2D eigenvalue weighted by atomic mass is 10.1. The van der Waals surface area contributed by atoms with Gasteiger partial charge in [0.05, 0.1) is 12.7 Å². The Morgan fingerprint density at radius 3 is 2.56 bits per heavy atom. The molecule has 0 spiro atoms. The lowest BCUT2D eigenvalue weighted by Crippen LogP contribution is -2.31. The first kappa shape index (κ1) is 14.5. The molecule has 0 radical (unpaired) electrons. The average molecular weight is 270 g/mol. The monoisotopic (exact) mass is 270 g/mol. The van der Waals surface area contributed by atoms with Crippen LogP contribution in [-0.4, -0.2) is 26.6 Å². The van der Waals surface area contributed by atoms with Crippen LogP contribution in [0.25, 0.3) is 0 Å². The van der Waals surface area contributed by atoms with Crippen molar-refractivity contribution in [3.8, 4) is 0 Å². The molecule has 0 atom stereocenters. The van der Waals surface area contributed by atoms with Gasteiger partial charge in [-0.3, -0.25) is 9.52 Å². The van der Waals surface area contributed by atoms with Gasteiger partial charge in [0.2, 0.25) is 15.9 Å². The number of carbonyl (C=O) groups is 1. The summed E-state index contributed by atoms with van der Waals surface area (Å²) >= 11 is 0. The summed E-state index contributed by atoms with van der Waals surface area (Å²) in [5, 5.41) is 2.78. The minimum Gasteiger partial charge on any atom is -0.354 e. The van der Waals surface area contributed by atoms with E-state index in [1.54, 1.807) is 24.3 Å². The Kier molecular flexibility index (Phi) is 4.72. The van der Waals surface area contributed by atoms with Gasteiger partial charge >= 0.3 is 0 Å². The van der Waals surface area contributed by atoms with Crippen LogP contribution in [0.15, 0.2) is 24.3 Å². The van der Waals surface area contributed by atoms with Crippen molar-refractivity contribution >= 4 is 21.6 Å². The summed E-state index contributed by atoms with van der Waals surface area (Å²) in [5.41, 5.74) is 1.23. The molecule has 0 aliphatic carbocycles. The van der Waals surface area contributed by atoms with Crippen LogP contribution in [0, 0.1) is 0 Å². The highest BCUT2D eigenvalue weighted by molar-refractivity contribution is 7.92. The van der Waals surface area contributed by atoms with Crippen molar-refractivity contribution in [3.05, 3.63) is 29.8 Å². The van der Waals surface area contributed by atoms with E-state index in [2.05, 4.69) is 10.0 Å². The zero-order valence-corrected chi connectivity index (χ0v) is 11.5. The first-order valence-corrected chi connectivity index (χ1v) is 7.51. The van der Waals surface area contributed by atoms with Crippen LogP contribution in [-0.2, 0) is 21.2 Å². The molecule has 0 bridgehead atoms. The average Bonchev–Trinajstić information content (AvgIpc) is 2.13. The summed E-state index contributed by atoms with van der Waals surface area (Å²) in [5.74, 6) is -0.0819. The van der Waals surface area contributed by atoms with Crippen molar-refractivity contribution < 1.29 is 13.2 Å². The maximum Gasteiger partial charge on any atom is 0.229 e. The highest BCUT2D eigenvalue weighted by atomic mass is 32.2. The van der Waals surface area contributed by atoms with Gasteiger partial charge in [-0.2, -0.15) is 0 Å². The molecule has 1 aromatic carbocycles. The second-order valence-corrected chi connectivity index (χ2v) is 6.22. The largest absolute Gasteiger partial charge is 0.354 e. The predicted molar refractivity (Wildman–Crippen MR) is 71.9 cm³/mol. The Labute approximate surface area is 108 Å². The van der Waals surface area contributed by atoms with Crippen molar-refractivity contribution in [1.29, 1.82) is 0 Å². The van der Waals surface area contributed by atoms with Crippen molar-refractivity contribution in [2.45, 2.75) is 26.3 Å². The van der Waals surface area contributed by atoms with Crippen molar-refractivity contribution in [2.24, 2.45) is 0 Å². The van der Waals surface area contributed by atoms with Gasteiger partial charge in [-0.15, -0.1) is 0 Å². The maximum atomic E-state index is 11.6. The molecule has 1 aromatic rings. The molecule has 0 saturated heterocycles. The van der Waals surface area contributed by atoms with Crippen LogP contribution in [0.3, 0.4) is 0 Å². The lowest BCUT2D eigenvalue weighted by Gasteiger charge is -2.09. The fraction of sp³-hybridized carbons (Fsp3) is 0.417. The Morgan fingerprint density at radius 1 is 1.33 bits per heavy atom. The number of anilines is 1. The molecule has 0 fully saturated rings. The van der Waals surface area contributed by atoms with Gasteiger partial charge in [-0.1, -0.05) is 12.1 Å². The summed E-state index contributed by atoms with van der Waals surface area (Å²) in [6.07, 6.45) is 1.32. The fourth-order valence-electron chi connectivity index (χ4n) is 1.52. The van der Waals surface area contributed by atoms with E-state index in [0.717, 1.165) is 11.8 Å². The molecule has 18 heavy (non-hydrogen) atoms. The normalized spacial score (nSPS) is 11.3. The van der Waals surface area contributed by atoms with Crippen LogP contribution in [0.1, 0.15) is 19.4 Å². The van der Waals surface area contributed by atoms with Gasteiger partial charge in [0, 0.05) is 11.7 Å². The van der Waals surface area contributed by atoms with Gasteiger partial charge < -0.3 is 5.32 Å². The second-order valence-electron chi connectivity index (χ2n) is 4.47. The van der Waals surface area contributed by atoms with Gasteiger partial charge in [0.1, 0.15) is 0 Å². The number of nitrogens with one attached hydrogen (secondary N) is 2. The third-order valence-electron chi connectivity index (χ3n) is 2.04. The molecule has 100 valence electrons. The van der Waals surface area contributed by atoms with Gasteiger partial charge in [0.25, 0.3) is 0 Å². The van der Waals surface area contributed by atoms with Crippen molar-refractivity contribution in [1.82, 2.24) is 5.32 Å². The highest BCUT2D eigenvalue weighted by Crippen LogP contribution is 2.12. The van der Waals surface area contributed by atoms with E-state index < -0.39 is 10.0 Å². The molecule has 0 aliphatic rings. The Bertz CT molecular complexity index is 524. The molecule has 1 rings (SSSR count). The molecule has 2 N–H and O–H groups in total. The summed E-state index contributed by atoms with van der Waals surface area (Å²) < 4.78 is 24.6. The van der Waals surface area contributed by atoms with Crippen LogP contribution in [0.2, 0.25) is 0 Å². The highest BCUT2D eigenvalue weighted by Gasteiger charge is 2.07. The Morgan fingerprint density at radius 2 is 2.00 bits per heavy atom. The third-order valence-corrected chi connectivity index (χ3v) is 2.65. The third kappa shape index (κ3) is 5.67. The van der Waals surface area contributed by atoms with E-state index in [1.807, 2.05) is 13.8 Å². The molecule has 1 amide bonds. The topological polar surface area (TPSA) is 75.3 Å². The van der Waals surface area contributed by atoms with Crippen LogP contribution < -0.4 is 10.0 Å². The van der Waals surface area contributed by atoms with Crippen LogP contribution in [0.4, 0.5) is 5.69 Å². The molecule has 5 nitrogen and oxygen atoms in total. The molecule has 0 heterocycles. The van der Waals surface area contributed by atoms with E-state index in [-0.39, 0.29) is 18.4 Å². The number of hydrogen-bond donors (Lipinski definition) is 2. The summed E-state index contributed by atoms with van der Waals surface area (Å²) in [6, 6.07) is 6.89. The summed E-state index contributed by atoms with van der Waals surface area (Å²) in [7, 11) is -3.29. The molecule has 6 heteroatoms. The van der Waals surface area contributed by atoms with Crippen LogP contribution in [0.5, 0.6) is 0 Å². The standard InChI is InChI=1S/C12H18N2O3S/c1-9(2)13-12(15)8-10-5-4-6-11(7-10)14-18(3,16)17/h4-7,9,14H,8H2,1-3H3,(H,13,15). The number of rotatable bonds is 5. The zero-order valence-electron chi connectivity index (χ0n) is 10.7. The van der Waals surface area contributed by atoms with E-state index in [0.29, 0.717) is 5.69 Å². The Balaban J connectivity index is 2.74. The quantitative estimate of drug-likeness (QED) is 0.842. The SMILES string of the molecule is CC(C)NC(=O)Cc1cccc(NS(C)(=O)=O)c1. The predicted octanol–water partition coefficient (Wildman–Crippen LogP) is 1.13. The molecule has 0 aliphatic heterocycles. The Hall–Kier alpha value is -1.56. The van der Waals surface area contributed by atoms with Crippen LogP contribution >= 0.6 is 0 Å². The van der Waals surface area contributed by atoms with Crippen molar-refractivity contribution in [2.75, 3.05) is 11.0 Å².